The number of hydrogen-bond donors (Lipinski definition) is 1. The summed E-state index contributed by atoms with van der Waals surface area (Å²) in [5.74, 6) is 0.360. The number of nitrogens with zero attached hydrogens (tertiary/aromatic N) is 3. The lowest BCUT2D eigenvalue weighted by Gasteiger charge is -2.14. The van der Waals surface area contributed by atoms with Crippen LogP contribution in [-0.2, 0) is 6.61 Å². The molecule has 7 nitrogen and oxygen atoms in total. The number of benzene rings is 2. The van der Waals surface area contributed by atoms with E-state index in [1.807, 2.05) is 0 Å². The molecule has 1 fully saturated rings. The average molecular weight is 389 g/mol. The molecule has 1 aliphatic rings. The predicted octanol–water partition coefficient (Wildman–Crippen LogP) is 3.64. The minimum atomic E-state index is -0.521. The Balaban J connectivity index is 1.52. The number of amides is 2. The summed E-state index contributed by atoms with van der Waals surface area (Å²) in [5.41, 5.74) is 0.677. The zero-order chi connectivity index (χ0) is 18.8. The molecule has 0 atom stereocenters. The summed E-state index contributed by atoms with van der Waals surface area (Å²) >= 11 is 5.82. The van der Waals surface area contributed by atoms with Gasteiger partial charge in [-0.05, 0) is 42.5 Å². The first-order chi connectivity index (χ1) is 13.1. The lowest BCUT2D eigenvalue weighted by Crippen LogP contribution is -2.27. The second kappa shape index (κ2) is 7.24. The summed E-state index contributed by atoms with van der Waals surface area (Å²) < 4.78 is 25.0. The third-order valence-electron chi connectivity index (χ3n) is 4.00. The first-order valence-corrected chi connectivity index (χ1v) is 8.54. The average Bonchev–Trinajstić information content (AvgIpc) is 3.31. The first-order valence-electron chi connectivity index (χ1n) is 8.16. The summed E-state index contributed by atoms with van der Waals surface area (Å²) in [6, 6.07) is 10.9. The minimum absolute atomic E-state index is 0.0173. The number of urea groups is 1. The lowest BCUT2D eigenvalue weighted by molar-refractivity contribution is 0.252. The highest BCUT2D eigenvalue weighted by Crippen LogP contribution is 2.27. The Bertz CT molecular complexity index is 977. The quantitative estimate of drug-likeness (QED) is 0.721. The first kappa shape index (κ1) is 17.3. The number of carbonyl (C=O) groups excluding carboxylic acids is 1. The summed E-state index contributed by atoms with van der Waals surface area (Å²) in [6.45, 7) is 1.10. The molecule has 3 aromatic rings. The second-order valence-electron chi connectivity index (χ2n) is 5.81. The van der Waals surface area contributed by atoms with Crippen molar-refractivity contribution in [3.05, 3.63) is 59.1 Å². The lowest BCUT2D eigenvalue weighted by atomic mass is 10.1. The minimum Gasteiger partial charge on any atom is -0.485 e. The Kier molecular flexibility index (Phi) is 4.64. The number of anilines is 1. The van der Waals surface area contributed by atoms with Crippen LogP contribution in [0.1, 0.15) is 5.82 Å². The van der Waals surface area contributed by atoms with E-state index >= 15 is 0 Å². The van der Waals surface area contributed by atoms with Crippen LogP contribution in [0.3, 0.4) is 0 Å². The molecule has 0 saturated carbocycles. The van der Waals surface area contributed by atoms with Crippen LogP contribution in [0, 0.1) is 5.82 Å². The van der Waals surface area contributed by atoms with Crippen LogP contribution in [-0.4, -0.2) is 29.3 Å². The zero-order valence-electron chi connectivity index (χ0n) is 14.0. The van der Waals surface area contributed by atoms with Gasteiger partial charge in [-0.25, -0.2) is 9.18 Å². The molecular weight excluding hydrogens is 375 g/mol. The van der Waals surface area contributed by atoms with Crippen molar-refractivity contribution in [2.75, 3.05) is 18.0 Å². The molecule has 138 valence electrons. The number of rotatable bonds is 5. The molecule has 4 rings (SSSR count). The van der Waals surface area contributed by atoms with Crippen LogP contribution in [0.15, 0.2) is 47.0 Å². The SMILES string of the molecule is O=C1NCCN1c1ccc(F)c(-c2nc(COc3ccc(Cl)cc3)no2)c1. The van der Waals surface area contributed by atoms with Gasteiger partial charge in [-0.1, -0.05) is 16.8 Å². The Hall–Kier alpha value is -3.13. The number of ether oxygens (including phenoxy) is 1. The van der Waals surface area contributed by atoms with Crippen molar-refractivity contribution >= 4 is 23.3 Å². The molecule has 0 aliphatic carbocycles. The molecule has 2 aromatic carbocycles. The van der Waals surface area contributed by atoms with E-state index in [-0.39, 0.29) is 29.9 Å². The van der Waals surface area contributed by atoms with E-state index in [1.165, 1.54) is 23.1 Å². The van der Waals surface area contributed by atoms with Gasteiger partial charge in [0.15, 0.2) is 6.61 Å². The van der Waals surface area contributed by atoms with E-state index in [4.69, 9.17) is 20.9 Å². The summed E-state index contributed by atoms with van der Waals surface area (Å²) in [4.78, 5) is 17.5. The highest BCUT2D eigenvalue weighted by molar-refractivity contribution is 6.30. The van der Waals surface area contributed by atoms with E-state index in [0.717, 1.165) is 0 Å². The molecular formula is C18H14ClFN4O3. The maximum atomic E-state index is 14.2. The third-order valence-corrected chi connectivity index (χ3v) is 4.25. The molecule has 0 spiro atoms. The molecule has 2 amide bonds. The maximum Gasteiger partial charge on any atom is 0.321 e. The summed E-state index contributed by atoms with van der Waals surface area (Å²) in [6.07, 6.45) is 0. The highest BCUT2D eigenvalue weighted by Gasteiger charge is 2.23. The smallest absolute Gasteiger partial charge is 0.321 e. The van der Waals surface area contributed by atoms with Crippen molar-refractivity contribution in [3.63, 3.8) is 0 Å². The van der Waals surface area contributed by atoms with Crippen LogP contribution >= 0.6 is 11.6 Å². The molecule has 27 heavy (non-hydrogen) atoms. The van der Waals surface area contributed by atoms with Crippen LogP contribution in [0.5, 0.6) is 5.75 Å². The van der Waals surface area contributed by atoms with Gasteiger partial charge in [-0.2, -0.15) is 4.98 Å². The third kappa shape index (κ3) is 3.70. The Morgan fingerprint density at radius 1 is 1.26 bits per heavy atom. The van der Waals surface area contributed by atoms with E-state index in [9.17, 15) is 9.18 Å². The van der Waals surface area contributed by atoms with E-state index < -0.39 is 5.82 Å². The van der Waals surface area contributed by atoms with Crippen LogP contribution in [0.4, 0.5) is 14.9 Å². The molecule has 1 N–H and O–H groups in total. The number of nitrogens with one attached hydrogen (secondary N) is 1. The fraction of sp³-hybridized carbons (Fsp3) is 0.167. The van der Waals surface area contributed by atoms with Gasteiger partial charge in [-0.15, -0.1) is 0 Å². The van der Waals surface area contributed by atoms with Gasteiger partial charge in [-0.3, -0.25) is 4.90 Å². The number of hydrogen-bond acceptors (Lipinski definition) is 5. The van der Waals surface area contributed by atoms with Gasteiger partial charge < -0.3 is 14.6 Å². The molecule has 1 aromatic heterocycles. The fourth-order valence-corrected chi connectivity index (χ4v) is 2.79. The van der Waals surface area contributed by atoms with E-state index in [2.05, 4.69) is 15.5 Å². The van der Waals surface area contributed by atoms with Crippen LogP contribution in [0.25, 0.3) is 11.5 Å². The maximum absolute atomic E-state index is 14.2. The Labute approximate surface area is 158 Å². The Morgan fingerprint density at radius 3 is 2.81 bits per heavy atom. The van der Waals surface area contributed by atoms with Crippen molar-refractivity contribution in [1.29, 1.82) is 0 Å². The largest absolute Gasteiger partial charge is 0.485 e. The number of aromatic nitrogens is 2. The van der Waals surface area contributed by atoms with Gasteiger partial charge >= 0.3 is 6.03 Å². The van der Waals surface area contributed by atoms with Crippen molar-refractivity contribution < 1.29 is 18.4 Å². The molecule has 1 aliphatic heterocycles. The topological polar surface area (TPSA) is 80.5 Å². The normalized spacial score (nSPS) is 13.7. The monoisotopic (exact) mass is 388 g/mol. The summed E-state index contributed by atoms with van der Waals surface area (Å²) in [5, 5.41) is 7.11. The molecule has 0 bridgehead atoms. The molecule has 0 radical (unpaired) electrons. The molecule has 1 saturated heterocycles. The van der Waals surface area contributed by atoms with Crippen LogP contribution in [0.2, 0.25) is 5.02 Å². The summed E-state index contributed by atoms with van der Waals surface area (Å²) in [7, 11) is 0. The van der Waals surface area contributed by atoms with Gasteiger partial charge in [0.25, 0.3) is 5.89 Å². The Morgan fingerprint density at radius 2 is 2.07 bits per heavy atom. The van der Waals surface area contributed by atoms with E-state index in [1.54, 1.807) is 24.3 Å². The second-order valence-corrected chi connectivity index (χ2v) is 6.24. The number of carbonyl (C=O) groups is 1. The van der Waals surface area contributed by atoms with Crippen molar-refractivity contribution in [2.45, 2.75) is 6.61 Å². The predicted molar refractivity (Wildman–Crippen MR) is 96.2 cm³/mol. The highest BCUT2D eigenvalue weighted by atomic mass is 35.5. The molecule has 2 heterocycles. The fourth-order valence-electron chi connectivity index (χ4n) is 2.66. The van der Waals surface area contributed by atoms with Gasteiger partial charge in [0.2, 0.25) is 5.82 Å². The van der Waals surface area contributed by atoms with Gasteiger partial charge in [0.1, 0.15) is 11.6 Å². The molecule has 9 heteroatoms. The zero-order valence-corrected chi connectivity index (χ0v) is 14.7. The van der Waals surface area contributed by atoms with E-state index in [0.29, 0.717) is 29.5 Å². The van der Waals surface area contributed by atoms with Gasteiger partial charge in [0, 0.05) is 23.8 Å². The van der Waals surface area contributed by atoms with Crippen molar-refractivity contribution in [1.82, 2.24) is 15.5 Å². The molecule has 0 unspecified atom stereocenters. The van der Waals surface area contributed by atoms with Crippen LogP contribution < -0.4 is 15.0 Å². The van der Waals surface area contributed by atoms with Gasteiger partial charge in [0.05, 0.1) is 5.56 Å². The van der Waals surface area contributed by atoms with Crippen molar-refractivity contribution in [2.24, 2.45) is 0 Å². The number of halogens is 2. The van der Waals surface area contributed by atoms with Crippen molar-refractivity contribution in [3.8, 4) is 17.2 Å². The standard InChI is InChI=1S/C18H14ClFN4O3/c19-11-1-4-13(5-2-11)26-10-16-22-17(27-23-16)14-9-12(3-6-15(14)20)24-8-7-21-18(24)25/h1-6,9H,7-8,10H2,(H,21,25).